The number of rotatable bonds is 5. The van der Waals surface area contributed by atoms with Gasteiger partial charge in [0, 0.05) is 12.1 Å². The van der Waals surface area contributed by atoms with Crippen LogP contribution in [-0.2, 0) is 6.54 Å². The maximum Gasteiger partial charge on any atom is 0.166 e. The fourth-order valence-corrected chi connectivity index (χ4v) is 1.54. The molecule has 0 radical (unpaired) electrons. The van der Waals surface area contributed by atoms with Crippen molar-refractivity contribution < 1.29 is 9.47 Å². The number of nitrogens with one attached hydrogen (secondary N) is 1. The van der Waals surface area contributed by atoms with Gasteiger partial charge in [-0.25, -0.2) is 0 Å². The number of ether oxygens (including phenoxy) is 2. The van der Waals surface area contributed by atoms with Crippen LogP contribution in [-0.4, -0.2) is 20.3 Å². The van der Waals surface area contributed by atoms with Gasteiger partial charge in [0.25, 0.3) is 0 Å². The van der Waals surface area contributed by atoms with E-state index in [1.54, 1.807) is 7.11 Å². The van der Waals surface area contributed by atoms with Gasteiger partial charge >= 0.3 is 0 Å². The molecule has 15 heavy (non-hydrogen) atoms. The highest BCUT2D eigenvalue weighted by Crippen LogP contribution is 2.36. The molecule has 1 aromatic carbocycles. The second kappa shape index (κ2) is 4.53. The number of para-hydroxylation sites is 1. The lowest BCUT2D eigenvalue weighted by Gasteiger charge is -2.14. The molecule has 3 heteroatoms. The predicted octanol–water partition coefficient (Wildman–Crippen LogP) is 1.96. The van der Waals surface area contributed by atoms with E-state index in [1.165, 1.54) is 0 Å². The molecule has 82 valence electrons. The minimum atomic E-state index is 0.400. The monoisotopic (exact) mass is 207 g/mol. The van der Waals surface area contributed by atoms with Crippen molar-refractivity contribution in [3.63, 3.8) is 0 Å². The van der Waals surface area contributed by atoms with Gasteiger partial charge in [-0.3, -0.25) is 0 Å². The normalized spacial score (nSPS) is 15.1. The third kappa shape index (κ3) is 2.42. The van der Waals surface area contributed by atoms with E-state index in [2.05, 4.69) is 11.4 Å². The molecule has 0 heterocycles. The van der Waals surface area contributed by atoms with Crippen LogP contribution in [0.25, 0.3) is 0 Å². The molecule has 1 fully saturated rings. The Hall–Kier alpha value is -1.22. The summed E-state index contributed by atoms with van der Waals surface area (Å²) in [6.45, 7) is 0.805. The first kappa shape index (κ1) is 10.3. The smallest absolute Gasteiger partial charge is 0.166 e. The Morgan fingerprint density at radius 2 is 2.20 bits per heavy atom. The van der Waals surface area contributed by atoms with E-state index < -0.39 is 0 Å². The topological polar surface area (TPSA) is 30.5 Å². The summed E-state index contributed by atoms with van der Waals surface area (Å²) < 4.78 is 11.2. The molecule has 1 aromatic rings. The van der Waals surface area contributed by atoms with Crippen LogP contribution in [0.2, 0.25) is 0 Å². The zero-order chi connectivity index (χ0) is 10.7. The fraction of sp³-hybridized carbons (Fsp3) is 0.500. The third-order valence-electron chi connectivity index (χ3n) is 2.46. The van der Waals surface area contributed by atoms with Crippen LogP contribution in [0.4, 0.5) is 0 Å². The molecule has 0 bridgehead atoms. The summed E-state index contributed by atoms with van der Waals surface area (Å²) in [5.74, 6) is 1.73. The molecule has 1 N–H and O–H groups in total. The van der Waals surface area contributed by atoms with Crippen LogP contribution in [0.15, 0.2) is 18.2 Å². The summed E-state index contributed by atoms with van der Waals surface area (Å²) in [4.78, 5) is 0. The Morgan fingerprint density at radius 3 is 2.80 bits per heavy atom. The number of hydrogen-bond donors (Lipinski definition) is 1. The number of hydrogen-bond acceptors (Lipinski definition) is 3. The molecule has 0 aromatic heterocycles. The highest BCUT2D eigenvalue weighted by atomic mass is 16.5. The van der Waals surface area contributed by atoms with Gasteiger partial charge in [0.1, 0.15) is 0 Å². The number of methoxy groups -OCH3 is 1. The average Bonchev–Trinajstić information content (AvgIpc) is 3.05. The van der Waals surface area contributed by atoms with Gasteiger partial charge in [-0.05, 0) is 26.0 Å². The average molecular weight is 207 g/mol. The van der Waals surface area contributed by atoms with Gasteiger partial charge in [0.2, 0.25) is 0 Å². The molecule has 1 saturated carbocycles. The number of benzene rings is 1. The summed E-state index contributed by atoms with van der Waals surface area (Å²) in [5, 5.41) is 3.13. The van der Waals surface area contributed by atoms with Crippen molar-refractivity contribution in [2.24, 2.45) is 0 Å². The molecule has 1 aliphatic rings. The second-order valence-electron chi connectivity index (χ2n) is 3.80. The lowest BCUT2D eigenvalue weighted by atomic mass is 10.2. The molecule has 0 atom stereocenters. The van der Waals surface area contributed by atoms with Gasteiger partial charge in [-0.1, -0.05) is 12.1 Å². The first-order valence-electron chi connectivity index (χ1n) is 5.32. The van der Waals surface area contributed by atoms with Gasteiger partial charge in [0.05, 0.1) is 13.2 Å². The SMILES string of the molecule is CNCc1cccc(OC)c1OC1CC1. The molecule has 0 saturated heterocycles. The first-order valence-corrected chi connectivity index (χ1v) is 5.32. The molecule has 1 aliphatic carbocycles. The highest BCUT2D eigenvalue weighted by Gasteiger charge is 2.26. The van der Waals surface area contributed by atoms with E-state index in [0.29, 0.717) is 6.10 Å². The van der Waals surface area contributed by atoms with E-state index in [1.807, 2.05) is 19.2 Å². The van der Waals surface area contributed by atoms with Crippen molar-refractivity contribution in [1.82, 2.24) is 5.32 Å². The first-order chi connectivity index (χ1) is 7.35. The van der Waals surface area contributed by atoms with Gasteiger partial charge in [0.15, 0.2) is 11.5 Å². The zero-order valence-corrected chi connectivity index (χ0v) is 9.25. The summed E-state index contributed by atoms with van der Waals surface area (Å²) in [5.41, 5.74) is 1.16. The third-order valence-corrected chi connectivity index (χ3v) is 2.46. The molecule has 0 unspecified atom stereocenters. The van der Waals surface area contributed by atoms with E-state index in [4.69, 9.17) is 9.47 Å². The highest BCUT2D eigenvalue weighted by molar-refractivity contribution is 5.46. The second-order valence-corrected chi connectivity index (χ2v) is 3.80. The van der Waals surface area contributed by atoms with Crippen LogP contribution in [0.5, 0.6) is 11.5 Å². The van der Waals surface area contributed by atoms with E-state index in [9.17, 15) is 0 Å². The van der Waals surface area contributed by atoms with Crippen LogP contribution < -0.4 is 14.8 Å². The molecule has 0 aliphatic heterocycles. The van der Waals surface area contributed by atoms with Crippen LogP contribution in [0.3, 0.4) is 0 Å². The summed E-state index contributed by atoms with van der Waals surface area (Å²) in [7, 11) is 3.61. The molecule has 0 amide bonds. The largest absolute Gasteiger partial charge is 0.493 e. The minimum absolute atomic E-state index is 0.400. The van der Waals surface area contributed by atoms with Crippen molar-refractivity contribution in [3.8, 4) is 11.5 Å². The Balaban J connectivity index is 2.25. The maximum atomic E-state index is 5.87. The Kier molecular flexibility index (Phi) is 3.11. The van der Waals surface area contributed by atoms with Crippen LogP contribution >= 0.6 is 0 Å². The molecule has 0 spiro atoms. The molecule has 2 rings (SSSR count). The lowest BCUT2D eigenvalue weighted by molar-refractivity contribution is 0.278. The predicted molar refractivity (Wildman–Crippen MR) is 59.4 cm³/mol. The van der Waals surface area contributed by atoms with Crippen molar-refractivity contribution in [3.05, 3.63) is 23.8 Å². The van der Waals surface area contributed by atoms with Crippen molar-refractivity contribution in [1.29, 1.82) is 0 Å². The van der Waals surface area contributed by atoms with Crippen molar-refractivity contribution >= 4 is 0 Å². The molecule has 3 nitrogen and oxygen atoms in total. The van der Waals surface area contributed by atoms with Gasteiger partial charge in [-0.2, -0.15) is 0 Å². The summed E-state index contributed by atoms with van der Waals surface area (Å²) in [6, 6.07) is 6.00. The van der Waals surface area contributed by atoms with Crippen molar-refractivity contribution in [2.75, 3.05) is 14.2 Å². The van der Waals surface area contributed by atoms with Crippen molar-refractivity contribution in [2.45, 2.75) is 25.5 Å². The molecular weight excluding hydrogens is 190 g/mol. The van der Waals surface area contributed by atoms with Crippen LogP contribution in [0, 0.1) is 0 Å². The standard InChI is InChI=1S/C12H17NO2/c1-13-8-9-4-3-5-11(14-2)12(9)15-10-6-7-10/h3-5,10,13H,6-8H2,1-2H3. The van der Waals surface area contributed by atoms with E-state index >= 15 is 0 Å². The Labute approximate surface area is 90.4 Å². The van der Waals surface area contributed by atoms with Gasteiger partial charge < -0.3 is 14.8 Å². The summed E-state index contributed by atoms with van der Waals surface area (Å²) >= 11 is 0. The maximum absolute atomic E-state index is 5.87. The molecular formula is C12H17NO2. The van der Waals surface area contributed by atoms with Crippen LogP contribution in [0.1, 0.15) is 18.4 Å². The minimum Gasteiger partial charge on any atom is -0.493 e. The van der Waals surface area contributed by atoms with Gasteiger partial charge in [-0.15, -0.1) is 0 Å². The zero-order valence-electron chi connectivity index (χ0n) is 9.25. The van der Waals surface area contributed by atoms with E-state index in [-0.39, 0.29) is 0 Å². The fourth-order valence-electron chi connectivity index (χ4n) is 1.54. The Morgan fingerprint density at radius 1 is 1.40 bits per heavy atom. The lowest BCUT2D eigenvalue weighted by Crippen LogP contribution is -2.09. The summed E-state index contributed by atoms with van der Waals surface area (Å²) in [6.07, 6.45) is 2.73. The Bertz CT molecular complexity index is 334. The quantitative estimate of drug-likeness (QED) is 0.800. The van der Waals surface area contributed by atoms with E-state index in [0.717, 1.165) is 36.4 Å².